The molecule has 3 heterocycles. The van der Waals surface area contributed by atoms with Crippen LogP contribution in [0.25, 0.3) is 10.4 Å². The summed E-state index contributed by atoms with van der Waals surface area (Å²) in [5.74, 6) is 0.256. The fourth-order valence-corrected chi connectivity index (χ4v) is 3.85. The van der Waals surface area contributed by atoms with Gasteiger partial charge in [0, 0.05) is 23.3 Å². The molecule has 0 saturated carbocycles. The molecule has 0 radical (unpaired) electrons. The second-order valence-electron chi connectivity index (χ2n) is 6.70. The molecular formula is C20H22N6OS. The van der Waals surface area contributed by atoms with Crippen LogP contribution in [-0.4, -0.2) is 35.0 Å². The first kappa shape index (κ1) is 18.4. The van der Waals surface area contributed by atoms with Gasteiger partial charge in [0.1, 0.15) is 0 Å². The first-order chi connectivity index (χ1) is 13.7. The topological polar surface area (TPSA) is 105 Å². The summed E-state index contributed by atoms with van der Waals surface area (Å²) in [6.45, 7) is 1.98. The molecule has 3 aromatic rings. The van der Waals surface area contributed by atoms with Gasteiger partial charge in [-0.15, -0.1) is 11.3 Å². The van der Waals surface area contributed by atoms with Gasteiger partial charge in [-0.3, -0.25) is 4.79 Å². The second kappa shape index (κ2) is 8.37. The molecule has 1 aliphatic heterocycles. The zero-order chi connectivity index (χ0) is 19.3. The van der Waals surface area contributed by atoms with E-state index >= 15 is 0 Å². The van der Waals surface area contributed by atoms with Crippen LogP contribution in [0.2, 0.25) is 0 Å². The minimum absolute atomic E-state index is 0.288. The van der Waals surface area contributed by atoms with Crippen LogP contribution in [0.4, 0.5) is 17.3 Å². The number of rotatable bonds is 5. The molecule has 1 fully saturated rings. The van der Waals surface area contributed by atoms with Gasteiger partial charge in [-0.2, -0.15) is 0 Å². The van der Waals surface area contributed by atoms with E-state index in [1.807, 2.05) is 29.6 Å². The fraction of sp³-hybridized carbons (Fsp3) is 0.250. The van der Waals surface area contributed by atoms with Crippen molar-refractivity contribution >= 4 is 34.6 Å². The highest BCUT2D eigenvalue weighted by molar-refractivity contribution is 7.13. The van der Waals surface area contributed by atoms with Crippen LogP contribution in [0, 0.1) is 0 Å². The highest BCUT2D eigenvalue weighted by Crippen LogP contribution is 2.30. The Morgan fingerprint density at radius 3 is 2.68 bits per heavy atom. The van der Waals surface area contributed by atoms with Gasteiger partial charge in [-0.1, -0.05) is 12.1 Å². The molecule has 5 N–H and O–H groups in total. The zero-order valence-electron chi connectivity index (χ0n) is 15.3. The number of amides is 1. The number of piperidine rings is 1. The third-order valence-corrected chi connectivity index (χ3v) is 5.61. The van der Waals surface area contributed by atoms with Gasteiger partial charge in [0.15, 0.2) is 0 Å². The molecule has 0 unspecified atom stereocenters. The van der Waals surface area contributed by atoms with Crippen molar-refractivity contribution in [2.24, 2.45) is 0 Å². The van der Waals surface area contributed by atoms with Crippen molar-refractivity contribution in [2.75, 3.05) is 29.5 Å². The monoisotopic (exact) mass is 394 g/mol. The van der Waals surface area contributed by atoms with Crippen LogP contribution < -0.4 is 21.7 Å². The van der Waals surface area contributed by atoms with E-state index < -0.39 is 0 Å². The van der Waals surface area contributed by atoms with E-state index in [0.717, 1.165) is 36.4 Å². The zero-order valence-corrected chi connectivity index (χ0v) is 16.1. The number of nitrogens with two attached hydrogens (primary N) is 1. The normalized spacial score (nSPS) is 14.6. The number of carbonyl (C=O) groups is 1. The quantitative estimate of drug-likeness (QED) is 0.495. The smallest absolute Gasteiger partial charge is 0.258 e. The fourth-order valence-electron chi connectivity index (χ4n) is 3.12. The third kappa shape index (κ3) is 4.29. The first-order valence-electron chi connectivity index (χ1n) is 9.23. The number of thiophene rings is 1. The molecule has 7 nitrogen and oxygen atoms in total. The summed E-state index contributed by atoms with van der Waals surface area (Å²) in [6, 6.07) is 10.0. The predicted octanol–water partition coefficient (Wildman–Crippen LogP) is 3.20. The van der Waals surface area contributed by atoms with Gasteiger partial charge in [0.05, 0.1) is 16.9 Å². The average molecular weight is 395 g/mol. The summed E-state index contributed by atoms with van der Waals surface area (Å²) >= 11 is 1.64. The molecule has 8 heteroatoms. The Hall–Kier alpha value is -2.97. The van der Waals surface area contributed by atoms with E-state index in [1.165, 1.54) is 12.4 Å². The lowest BCUT2D eigenvalue weighted by Crippen LogP contribution is -2.35. The van der Waals surface area contributed by atoms with Crippen molar-refractivity contribution < 1.29 is 4.79 Å². The van der Waals surface area contributed by atoms with Gasteiger partial charge in [-0.05, 0) is 55.1 Å². The Labute approximate surface area is 167 Å². The predicted molar refractivity (Wildman–Crippen MR) is 114 cm³/mol. The van der Waals surface area contributed by atoms with Gasteiger partial charge < -0.3 is 21.7 Å². The molecule has 0 bridgehead atoms. The Kier molecular flexibility index (Phi) is 5.50. The lowest BCUT2D eigenvalue weighted by molar-refractivity contribution is 0.102. The number of benzene rings is 1. The number of nitrogens with one attached hydrogen (secondary N) is 3. The van der Waals surface area contributed by atoms with Crippen LogP contribution >= 0.6 is 11.3 Å². The largest absolute Gasteiger partial charge is 0.397 e. The highest BCUT2D eigenvalue weighted by Gasteiger charge is 2.15. The average Bonchev–Trinajstić information content (AvgIpc) is 3.26. The van der Waals surface area contributed by atoms with Crippen LogP contribution in [0.5, 0.6) is 0 Å². The summed E-state index contributed by atoms with van der Waals surface area (Å²) < 4.78 is 0. The van der Waals surface area contributed by atoms with E-state index in [0.29, 0.717) is 28.9 Å². The molecule has 4 rings (SSSR count). The third-order valence-electron chi connectivity index (χ3n) is 4.69. The van der Waals surface area contributed by atoms with Crippen LogP contribution in [-0.2, 0) is 0 Å². The second-order valence-corrected chi connectivity index (χ2v) is 7.65. The summed E-state index contributed by atoms with van der Waals surface area (Å²) in [6.07, 6.45) is 5.13. The van der Waals surface area contributed by atoms with E-state index in [1.54, 1.807) is 17.4 Å². The molecule has 0 atom stereocenters. The number of hydrogen-bond acceptors (Lipinski definition) is 7. The van der Waals surface area contributed by atoms with Crippen molar-refractivity contribution in [2.45, 2.75) is 18.9 Å². The standard InChI is InChI=1S/C20H22N6OS/c21-16-4-3-13(18-2-1-9-28-18)10-17(16)26-19(27)14-11-23-20(24-12-14)25-15-5-7-22-8-6-15/h1-4,9-12,15,22H,5-8,21H2,(H,26,27)(H,23,24,25). The number of hydrogen-bond donors (Lipinski definition) is 4. The van der Waals surface area contributed by atoms with Crippen LogP contribution in [0.3, 0.4) is 0 Å². The van der Waals surface area contributed by atoms with E-state index in [-0.39, 0.29) is 5.91 Å². The molecule has 1 aromatic carbocycles. The minimum Gasteiger partial charge on any atom is -0.397 e. The number of carbonyl (C=O) groups excluding carboxylic acids is 1. The van der Waals surface area contributed by atoms with Gasteiger partial charge in [0.2, 0.25) is 5.95 Å². The van der Waals surface area contributed by atoms with Gasteiger partial charge in [0.25, 0.3) is 5.91 Å². The Morgan fingerprint density at radius 2 is 1.96 bits per heavy atom. The number of nitrogen functional groups attached to an aromatic ring is 1. The van der Waals surface area contributed by atoms with Crippen molar-refractivity contribution in [3.05, 3.63) is 53.7 Å². The summed E-state index contributed by atoms with van der Waals surface area (Å²) in [4.78, 5) is 22.3. The Morgan fingerprint density at radius 1 is 1.18 bits per heavy atom. The molecule has 1 aliphatic rings. The summed E-state index contributed by atoms with van der Waals surface area (Å²) in [5, 5.41) is 11.5. The molecule has 144 valence electrons. The van der Waals surface area contributed by atoms with Crippen molar-refractivity contribution in [1.82, 2.24) is 15.3 Å². The van der Waals surface area contributed by atoms with Crippen molar-refractivity contribution in [3.63, 3.8) is 0 Å². The molecule has 0 aliphatic carbocycles. The van der Waals surface area contributed by atoms with E-state index in [2.05, 4.69) is 25.9 Å². The molecule has 1 saturated heterocycles. The van der Waals surface area contributed by atoms with Crippen molar-refractivity contribution in [3.8, 4) is 10.4 Å². The van der Waals surface area contributed by atoms with E-state index in [4.69, 9.17) is 5.73 Å². The van der Waals surface area contributed by atoms with Crippen LogP contribution in [0.15, 0.2) is 48.1 Å². The lowest BCUT2D eigenvalue weighted by atomic mass is 10.1. The summed E-state index contributed by atoms with van der Waals surface area (Å²) in [7, 11) is 0. The SMILES string of the molecule is Nc1ccc(-c2cccs2)cc1NC(=O)c1cnc(NC2CCNCC2)nc1. The number of nitrogens with zero attached hydrogens (tertiary/aromatic N) is 2. The van der Waals surface area contributed by atoms with Crippen molar-refractivity contribution in [1.29, 1.82) is 0 Å². The summed E-state index contributed by atoms with van der Waals surface area (Å²) in [5.41, 5.74) is 8.53. The maximum Gasteiger partial charge on any atom is 0.258 e. The van der Waals surface area contributed by atoms with E-state index in [9.17, 15) is 4.79 Å². The number of aromatic nitrogens is 2. The maximum atomic E-state index is 12.6. The first-order valence-corrected chi connectivity index (χ1v) is 10.1. The number of anilines is 3. The Bertz CT molecular complexity index is 936. The maximum absolute atomic E-state index is 12.6. The minimum atomic E-state index is -0.288. The molecule has 1 amide bonds. The highest BCUT2D eigenvalue weighted by atomic mass is 32.1. The lowest BCUT2D eigenvalue weighted by Gasteiger charge is -2.23. The Balaban J connectivity index is 1.44. The molecular weight excluding hydrogens is 372 g/mol. The van der Waals surface area contributed by atoms with Gasteiger partial charge >= 0.3 is 0 Å². The molecule has 2 aromatic heterocycles. The van der Waals surface area contributed by atoms with Crippen LogP contribution in [0.1, 0.15) is 23.2 Å². The van der Waals surface area contributed by atoms with Gasteiger partial charge in [-0.25, -0.2) is 9.97 Å². The molecule has 28 heavy (non-hydrogen) atoms. The molecule has 0 spiro atoms.